The van der Waals surface area contributed by atoms with E-state index in [4.69, 9.17) is 57.0 Å². The van der Waals surface area contributed by atoms with Gasteiger partial charge in [-0.25, -0.2) is 0 Å². The van der Waals surface area contributed by atoms with Crippen molar-refractivity contribution in [1.29, 1.82) is 0 Å². The molecule has 0 saturated carbocycles. The molecule has 10 heteroatoms. The molecule has 80 valence electrons. The average Bonchev–Trinajstić information content (AvgIpc) is 1.50. The number of carbonyl (C=O) groups is 2. The van der Waals surface area contributed by atoms with Crippen molar-refractivity contribution < 1.29 is 51.6 Å². The number of hydrogen-bond acceptors (Lipinski definition) is 4. The van der Waals surface area contributed by atoms with Gasteiger partial charge in [-0.15, -0.1) is 0 Å². The number of rotatable bonds is 0. The van der Waals surface area contributed by atoms with E-state index in [1.807, 2.05) is 0 Å². The Morgan fingerprint density at radius 1 is 0.929 bits per heavy atom. The van der Waals surface area contributed by atoms with Crippen LogP contribution in [-0.4, -0.2) is 11.9 Å². The Balaban J connectivity index is -0.0000000522. The molecule has 0 aromatic heterocycles. The van der Waals surface area contributed by atoms with Crippen molar-refractivity contribution in [2.75, 3.05) is 0 Å². The molecule has 0 radical (unpaired) electrons. The minimum absolute atomic E-state index is 0. The fourth-order valence-electron chi connectivity index (χ4n) is 0. The van der Waals surface area contributed by atoms with Crippen LogP contribution in [-0.2, 0) is 41.4 Å². The van der Waals surface area contributed by atoms with Gasteiger partial charge in [0.1, 0.15) is 0 Å². The Morgan fingerprint density at radius 3 is 0.929 bits per heavy atom. The average molecular weight is 373 g/mol. The summed E-state index contributed by atoms with van der Waals surface area (Å²) in [5.41, 5.74) is 0. The minimum Gasteiger partial charge on any atom is 2.00 e. The number of hydrogen-bond donors (Lipinski definition) is 0. The molecular formula is C4H6Cl4O4TiZn. The zero-order valence-corrected chi connectivity index (χ0v) is 14.9. The van der Waals surface area contributed by atoms with E-state index in [1.54, 1.807) is 0 Å². The van der Waals surface area contributed by atoms with Crippen LogP contribution in [0.5, 0.6) is 0 Å². The largest absolute Gasteiger partial charge is 2.00 e. The first-order valence-corrected chi connectivity index (χ1v) is 11.2. The van der Waals surface area contributed by atoms with E-state index in [1.165, 1.54) is 0 Å². The summed E-state index contributed by atoms with van der Waals surface area (Å²) in [6, 6.07) is 0. The van der Waals surface area contributed by atoms with Crippen LogP contribution in [0.2, 0.25) is 0 Å². The van der Waals surface area contributed by atoms with Gasteiger partial charge in [0, 0.05) is 11.9 Å². The molecule has 14 heavy (non-hydrogen) atoms. The fraction of sp³-hybridized carbons (Fsp3) is 0.500. The van der Waals surface area contributed by atoms with Crippen molar-refractivity contribution in [2.45, 2.75) is 13.8 Å². The van der Waals surface area contributed by atoms with Gasteiger partial charge in [-0.05, 0) is 13.8 Å². The van der Waals surface area contributed by atoms with Crippen LogP contribution in [0.15, 0.2) is 0 Å². The molecule has 0 rings (SSSR count). The third-order valence-electron chi connectivity index (χ3n) is 0. The molecule has 0 N–H and O–H groups in total. The minimum atomic E-state index is -3.11. The van der Waals surface area contributed by atoms with Crippen molar-refractivity contribution in [3.05, 3.63) is 0 Å². The van der Waals surface area contributed by atoms with Gasteiger partial charge in [-0.2, -0.15) is 0 Å². The van der Waals surface area contributed by atoms with Crippen molar-refractivity contribution in [2.24, 2.45) is 0 Å². The molecule has 0 heterocycles. The van der Waals surface area contributed by atoms with Gasteiger partial charge in [0.25, 0.3) is 0 Å². The smallest absolute Gasteiger partial charge is 2.00 e. The molecular weight excluding hydrogens is 367 g/mol. The molecule has 0 aliphatic carbocycles. The Morgan fingerprint density at radius 2 is 0.929 bits per heavy atom. The van der Waals surface area contributed by atoms with Crippen molar-refractivity contribution in [3.63, 3.8) is 0 Å². The zero-order valence-electron chi connectivity index (χ0n) is 7.35. The van der Waals surface area contributed by atoms with Crippen molar-refractivity contribution >= 4 is 49.2 Å². The molecule has 0 aromatic carbocycles. The Labute approximate surface area is 113 Å². The maximum absolute atomic E-state index is 8.89. The second-order valence-corrected chi connectivity index (χ2v) is 16.9. The molecule has 0 aliphatic rings. The first-order valence-electron chi connectivity index (χ1n) is 2.57. The Bertz CT molecular complexity index is 136. The fourth-order valence-corrected chi connectivity index (χ4v) is 0. The standard InChI is InChI=1S/2C2H4O2.4ClH.Ti.Zn/c2*1-2(3)4;;;;;;/h2*1H3,(H,3,4);4*1H;;/q;;;;;;+4;+2/p-6. The van der Waals surface area contributed by atoms with E-state index in [0.717, 1.165) is 13.8 Å². The summed E-state index contributed by atoms with van der Waals surface area (Å²) in [4.78, 5) is 17.8. The molecule has 0 amide bonds. The summed E-state index contributed by atoms with van der Waals surface area (Å²) in [5, 5.41) is 17.8. The third-order valence-corrected chi connectivity index (χ3v) is 0. The summed E-state index contributed by atoms with van der Waals surface area (Å²) in [6.45, 7) is 1.94. The summed E-state index contributed by atoms with van der Waals surface area (Å²) < 4.78 is 0. The topological polar surface area (TPSA) is 80.3 Å². The van der Waals surface area contributed by atoms with Crippen LogP contribution in [0, 0.1) is 0 Å². The summed E-state index contributed by atoms with van der Waals surface area (Å²) in [5.74, 6) is -2.17. The maximum Gasteiger partial charge on any atom is 2.00 e. The second kappa shape index (κ2) is 14.4. The second-order valence-electron chi connectivity index (χ2n) is 1.41. The van der Waals surface area contributed by atoms with Gasteiger partial charge >= 0.3 is 69.0 Å². The van der Waals surface area contributed by atoms with Gasteiger partial charge in [0.15, 0.2) is 0 Å². The molecule has 0 fully saturated rings. The summed E-state index contributed by atoms with van der Waals surface area (Å²) in [6.07, 6.45) is 0. The summed E-state index contributed by atoms with van der Waals surface area (Å²) in [7, 11) is 20.1. The van der Waals surface area contributed by atoms with E-state index in [-0.39, 0.29) is 19.5 Å². The van der Waals surface area contributed by atoms with E-state index < -0.39 is 24.3 Å². The van der Waals surface area contributed by atoms with Crippen LogP contribution in [0.3, 0.4) is 0 Å². The Hall–Kier alpha value is 1.44. The van der Waals surface area contributed by atoms with Gasteiger partial charge < -0.3 is 19.8 Å². The number of carbonyl (C=O) groups excluding carboxylic acids is 2. The zero-order chi connectivity index (χ0) is 11.7. The maximum atomic E-state index is 8.89. The van der Waals surface area contributed by atoms with E-state index in [2.05, 4.69) is 0 Å². The molecule has 0 spiro atoms. The van der Waals surface area contributed by atoms with Crippen molar-refractivity contribution in [3.8, 4) is 0 Å². The first kappa shape index (κ1) is 24.6. The van der Waals surface area contributed by atoms with Crippen LogP contribution in [0.25, 0.3) is 0 Å². The van der Waals surface area contributed by atoms with E-state index in [9.17, 15) is 0 Å². The number of aliphatic carboxylic acids is 2. The quantitative estimate of drug-likeness (QED) is 0.571. The van der Waals surface area contributed by atoms with E-state index in [0.29, 0.717) is 0 Å². The van der Waals surface area contributed by atoms with Crippen LogP contribution in [0.4, 0.5) is 0 Å². The van der Waals surface area contributed by atoms with Gasteiger partial charge in [0.05, 0.1) is 0 Å². The Kier molecular flexibility index (Phi) is 25.4. The number of carboxylic acids is 2. The monoisotopic (exact) mass is 370 g/mol. The van der Waals surface area contributed by atoms with Crippen molar-refractivity contribution in [1.82, 2.24) is 0 Å². The van der Waals surface area contributed by atoms with Crippen LogP contribution >= 0.6 is 37.2 Å². The van der Waals surface area contributed by atoms with Gasteiger partial charge in [0.2, 0.25) is 0 Å². The molecule has 4 nitrogen and oxygen atoms in total. The van der Waals surface area contributed by atoms with Gasteiger partial charge in [-0.1, -0.05) is 0 Å². The molecule has 0 bridgehead atoms. The predicted molar refractivity (Wildman–Crippen MR) is 44.8 cm³/mol. The molecule has 0 unspecified atom stereocenters. The van der Waals surface area contributed by atoms with Crippen LogP contribution < -0.4 is 10.2 Å². The van der Waals surface area contributed by atoms with Gasteiger partial charge in [-0.3, -0.25) is 0 Å². The predicted octanol–water partition coefficient (Wildman–Crippen LogP) is 0.265. The number of carboxylic acid groups (broad SMARTS) is 2. The van der Waals surface area contributed by atoms with Crippen LogP contribution in [0.1, 0.15) is 13.8 Å². The first-order chi connectivity index (χ1) is 5.46. The molecule has 0 aliphatic heterocycles. The number of halogens is 4. The summed E-state index contributed by atoms with van der Waals surface area (Å²) >= 11 is -3.11. The molecule has 0 aromatic rings. The normalized spacial score (nSPS) is 7.86. The molecule has 0 saturated heterocycles. The SMILES string of the molecule is CC(=O)[O-].CC(=O)[O-].[Cl][Ti]([Cl])([Cl])[Cl].[Zn+2]. The molecule has 0 atom stereocenters. The van der Waals surface area contributed by atoms with E-state index >= 15 is 0 Å². The third kappa shape index (κ3) is 1010.